The molecule has 3 rings (SSSR count). The number of esters is 1. The van der Waals surface area contributed by atoms with Crippen molar-refractivity contribution in [2.45, 2.75) is 6.92 Å². The predicted molar refractivity (Wildman–Crippen MR) is 125 cm³/mol. The van der Waals surface area contributed by atoms with Crippen molar-refractivity contribution in [1.82, 2.24) is 0 Å². The Bertz CT molecular complexity index is 1060. The van der Waals surface area contributed by atoms with Gasteiger partial charge in [-0.2, -0.15) is 0 Å². The summed E-state index contributed by atoms with van der Waals surface area (Å²) in [4.78, 5) is 38.3. The number of para-hydroxylation sites is 1. The molecule has 0 heterocycles. The molecule has 2 N–H and O–H groups in total. The molecule has 0 aliphatic heterocycles. The van der Waals surface area contributed by atoms with Gasteiger partial charge in [-0.15, -0.1) is 0 Å². The van der Waals surface area contributed by atoms with E-state index in [1.807, 2.05) is 37.3 Å². The number of carbonyl (C=O) groups is 3. The lowest BCUT2D eigenvalue weighted by molar-refractivity contribution is -0.114. The first kappa shape index (κ1) is 22.6. The van der Waals surface area contributed by atoms with E-state index in [0.29, 0.717) is 29.0 Å². The molecule has 7 heteroatoms. The Hall–Kier alpha value is -4.13. The topological polar surface area (TPSA) is 87.7 Å². The molecule has 0 fully saturated rings. The lowest BCUT2D eigenvalue weighted by Crippen LogP contribution is -2.30. The van der Waals surface area contributed by atoms with Gasteiger partial charge >= 0.3 is 5.97 Å². The summed E-state index contributed by atoms with van der Waals surface area (Å²) < 4.78 is 4.66. The lowest BCUT2D eigenvalue weighted by Gasteiger charge is -2.21. The fourth-order valence-electron chi connectivity index (χ4n) is 3.13. The smallest absolute Gasteiger partial charge is 0.337 e. The van der Waals surface area contributed by atoms with Crippen molar-refractivity contribution in [3.63, 3.8) is 0 Å². The molecule has 7 nitrogen and oxygen atoms in total. The van der Waals surface area contributed by atoms with Gasteiger partial charge in [-0.3, -0.25) is 9.59 Å². The third-order valence-electron chi connectivity index (χ3n) is 4.80. The fraction of sp³-hybridized carbons (Fsp3) is 0.160. The van der Waals surface area contributed by atoms with Crippen LogP contribution in [0.25, 0.3) is 0 Å². The SMILES string of the molecule is CCN(C(=O)c1ccc(NC(=O)CNc2ccc(C(=O)OC)cc2)cc1)c1ccccc1. The van der Waals surface area contributed by atoms with Gasteiger partial charge in [0.1, 0.15) is 0 Å². The molecule has 32 heavy (non-hydrogen) atoms. The Kier molecular flexibility index (Phi) is 7.59. The van der Waals surface area contributed by atoms with Crippen LogP contribution in [0.15, 0.2) is 78.9 Å². The molecular formula is C25H25N3O4. The van der Waals surface area contributed by atoms with E-state index in [9.17, 15) is 14.4 Å². The first-order valence-electron chi connectivity index (χ1n) is 10.2. The van der Waals surface area contributed by atoms with E-state index >= 15 is 0 Å². The van der Waals surface area contributed by atoms with Crippen LogP contribution in [0.2, 0.25) is 0 Å². The van der Waals surface area contributed by atoms with E-state index in [0.717, 1.165) is 5.69 Å². The van der Waals surface area contributed by atoms with Gasteiger partial charge in [0.2, 0.25) is 5.91 Å². The summed E-state index contributed by atoms with van der Waals surface area (Å²) in [6.45, 7) is 2.53. The Morgan fingerprint density at radius 2 is 1.41 bits per heavy atom. The third-order valence-corrected chi connectivity index (χ3v) is 4.80. The van der Waals surface area contributed by atoms with E-state index in [4.69, 9.17) is 0 Å². The van der Waals surface area contributed by atoms with Gasteiger partial charge in [0.15, 0.2) is 0 Å². The standard InChI is InChI=1S/C25H25N3O4/c1-3-28(22-7-5-4-6-8-22)24(30)18-9-15-21(16-10-18)27-23(29)17-26-20-13-11-19(12-14-20)25(31)32-2/h4-16,26H,3,17H2,1-2H3,(H,27,29). The number of hydrogen-bond donors (Lipinski definition) is 2. The zero-order chi connectivity index (χ0) is 22.9. The minimum Gasteiger partial charge on any atom is -0.465 e. The summed E-state index contributed by atoms with van der Waals surface area (Å²) in [5.41, 5.74) is 3.11. The minimum absolute atomic E-state index is 0.0515. The monoisotopic (exact) mass is 431 g/mol. The van der Waals surface area contributed by atoms with Crippen LogP contribution in [0.4, 0.5) is 17.1 Å². The molecule has 3 aromatic carbocycles. The van der Waals surface area contributed by atoms with Crippen LogP contribution in [-0.2, 0) is 9.53 Å². The number of amides is 2. The van der Waals surface area contributed by atoms with Crippen LogP contribution in [-0.4, -0.2) is 38.0 Å². The van der Waals surface area contributed by atoms with Gasteiger partial charge in [-0.25, -0.2) is 4.79 Å². The molecule has 0 aromatic heterocycles. The first-order valence-corrected chi connectivity index (χ1v) is 10.2. The molecular weight excluding hydrogens is 406 g/mol. The molecule has 0 saturated heterocycles. The highest BCUT2D eigenvalue weighted by Gasteiger charge is 2.16. The molecule has 0 bridgehead atoms. The number of nitrogens with one attached hydrogen (secondary N) is 2. The van der Waals surface area contributed by atoms with E-state index in [2.05, 4.69) is 15.4 Å². The molecule has 0 aliphatic carbocycles. The molecule has 0 saturated carbocycles. The van der Waals surface area contributed by atoms with Crippen LogP contribution in [0.3, 0.4) is 0 Å². The maximum atomic E-state index is 12.9. The van der Waals surface area contributed by atoms with Gasteiger partial charge < -0.3 is 20.3 Å². The number of carbonyl (C=O) groups excluding carboxylic acids is 3. The maximum absolute atomic E-state index is 12.9. The summed E-state index contributed by atoms with van der Waals surface area (Å²) in [6.07, 6.45) is 0. The molecule has 0 atom stereocenters. The first-order chi connectivity index (χ1) is 15.5. The zero-order valence-electron chi connectivity index (χ0n) is 18.0. The van der Waals surface area contributed by atoms with Crippen molar-refractivity contribution in [1.29, 1.82) is 0 Å². The van der Waals surface area contributed by atoms with Crippen molar-refractivity contribution < 1.29 is 19.1 Å². The lowest BCUT2D eigenvalue weighted by atomic mass is 10.1. The molecule has 0 radical (unpaired) electrons. The maximum Gasteiger partial charge on any atom is 0.337 e. The molecule has 2 amide bonds. The number of nitrogens with zero attached hydrogens (tertiary/aromatic N) is 1. The van der Waals surface area contributed by atoms with Crippen molar-refractivity contribution >= 4 is 34.8 Å². The second-order valence-corrected chi connectivity index (χ2v) is 6.93. The van der Waals surface area contributed by atoms with Gasteiger partial charge in [0.25, 0.3) is 5.91 Å². The minimum atomic E-state index is -0.415. The summed E-state index contributed by atoms with van der Waals surface area (Å²) >= 11 is 0. The average Bonchev–Trinajstić information content (AvgIpc) is 2.84. The second kappa shape index (κ2) is 10.8. The summed E-state index contributed by atoms with van der Waals surface area (Å²) in [7, 11) is 1.32. The second-order valence-electron chi connectivity index (χ2n) is 6.93. The Labute approximate surface area is 187 Å². The van der Waals surface area contributed by atoms with Gasteiger partial charge in [-0.05, 0) is 67.6 Å². The number of methoxy groups -OCH3 is 1. The van der Waals surface area contributed by atoms with Crippen LogP contribution < -0.4 is 15.5 Å². The summed E-state index contributed by atoms with van der Waals surface area (Å²) in [5.74, 6) is -0.753. The van der Waals surface area contributed by atoms with Crippen LogP contribution in [0.5, 0.6) is 0 Å². The molecule has 164 valence electrons. The van der Waals surface area contributed by atoms with Crippen LogP contribution >= 0.6 is 0 Å². The zero-order valence-corrected chi connectivity index (χ0v) is 18.0. The molecule has 0 aliphatic rings. The Morgan fingerprint density at radius 1 is 0.812 bits per heavy atom. The highest BCUT2D eigenvalue weighted by atomic mass is 16.5. The predicted octanol–water partition coefficient (Wildman–Crippen LogP) is 4.19. The van der Waals surface area contributed by atoms with E-state index in [1.165, 1.54) is 7.11 Å². The number of hydrogen-bond acceptors (Lipinski definition) is 5. The summed E-state index contributed by atoms with van der Waals surface area (Å²) in [6, 6.07) is 22.9. The van der Waals surface area contributed by atoms with Gasteiger partial charge in [0.05, 0.1) is 19.2 Å². The molecule has 0 spiro atoms. The van der Waals surface area contributed by atoms with Crippen molar-refractivity contribution in [2.24, 2.45) is 0 Å². The molecule has 3 aromatic rings. The number of rotatable bonds is 8. The largest absolute Gasteiger partial charge is 0.465 e. The van der Waals surface area contributed by atoms with E-state index in [1.54, 1.807) is 53.4 Å². The number of ether oxygens (including phenoxy) is 1. The summed E-state index contributed by atoms with van der Waals surface area (Å²) in [5, 5.41) is 5.79. The fourth-order valence-corrected chi connectivity index (χ4v) is 3.13. The number of benzene rings is 3. The van der Waals surface area contributed by atoms with Gasteiger partial charge in [-0.1, -0.05) is 18.2 Å². The third kappa shape index (κ3) is 5.72. The van der Waals surface area contributed by atoms with Crippen LogP contribution in [0.1, 0.15) is 27.6 Å². The van der Waals surface area contributed by atoms with Crippen molar-refractivity contribution in [3.05, 3.63) is 90.0 Å². The number of anilines is 3. The van der Waals surface area contributed by atoms with Crippen molar-refractivity contribution in [3.8, 4) is 0 Å². The Balaban J connectivity index is 1.55. The van der Waals surface area contributed by atoms with Crippen molar-refractivity contribution in [2.75, 3.05) is 35.7 Å². The van der Waals surface area contributed by atoms with Gasteiger partial charge in [0, 0.05) is 29.2 Å². The average molecular weight is 431 g/mol. The Morgan fingerprint density at radius 3 is 2.00 bits per heavy atom. The highest BCUT2D eigenvalue weighted by molar-refractivity contribution is 6.06. The normalized spacial score (nSPS) is 10.2. The van der Waals surface area contributed by atoms with Crippen LogP contribution in [0, 0.1) is 0 Å². The van der Waals surface area contributed by atoms with E-state index in [-0.39, 0.29) is 18.4 Å². The van der Waals surface area contributed by atoms with E-state index < -0.39 is 5.97 Å². The highest BCUT2D eigenvalue weighted by Crippen LogP contribution is 2.18. The quantitative estimate of drug-likeness (QED) is 0.522. The molecule has 0 unspecified atom stereocenters.